The Hall–Kier alpha value is 0.0543. The molecule has 0 amide bonds. The average molecular weight is 306 g/mol. The Kier molecular flexibility index (Phi) is 8.51. The van der Waals surface area contributed by atoms with E-state index in [-0.39, 0.29) is 18.9 Å². The largest absolute Gasteiger partial charge is 1.00 e. The van der Waals surface area contributed by atoms with E-state index < -0.39 is 15.7 Å². The minimum atomic E-state index is -3.19. The monoisotopic (exact) mass is 306 g/mol. The third-order valence-electron chi connectivity index (χ3n) is 2.63. The van der Waals surface area contributed by atoms with E-state index in [4.69, 9.17) is 9.05 Å². The molecule has 0 fully saturated rings. The van der Waals surface area contributed by atoms with E-state index in [1.807, 2.05) is 44.2 Å². The van der Waals surface area contributed by atoms with E-state index in [0.717, 1.165) is 10.8 Å². The predicted octanol–water partition coefficient (Wildman–Crippen LogP) is 1.71. The first-order chi connectivity index (χ1) is 8.85. The smallest absolute Gasteiger partial charge is 0.314 e. The first kappa shape index (κ1) is 20.1. The van der Waals surface area contributed by atoms with Gasteiger partial charge < -0.3 is 9.05 Å². The van der Waals surface area contributed by atoms with Crippen LogP contribution in [-0.2, 0) is 13.6 Å². The zero-order valence-corrected chi connectivity index (χ0v) is 15.4. The van der Waals surface area contributed by atoms with Crippen molar-refractivity contribution in [2.24, 2.45) is 0 Å². The molecule has 0 spiro atoms. The molecule has 20 heavy (non-hydrogen) atoms. The average Bonchev–Trinajstić information content (AvgIpc) is 2.28. The standard InChI is InChI=1S/C14H24O3PSi.Li/c1-6-16-18(15,17-7-2)14(19(3,4)5)13-11-9-8-10-12-13;/h8-12H,6-7H2,1-5H3;/q-1;+1. The summed E-state index contributed by atoms with van der Waals surface area (Å²) in [4.78, 5) is 0. The van der Waals surface area contributed by atoms with Crippen molar-refractivity contribution in [1.29, 1.82) is 0 Å². The Morgan fingerprint density at radius 3 is 1.85 bits per heavy atom. The fourth-order valence-corrected chi connectivity index (χ4v) is 8.29. The second-order valence-corrected chi connectivity index (χ2v) is 12.7. The maximum absolute atomic E-state index is 13.1. The van der Waals surface area contributed by atoms with Gasteiger partial charge in [-0.2, -0.15) is 17.7 Å². The molecule has 1 aromatic rings. The van der Waals surface area contributed by atoms with Gasteiger partial charge in [0.05, 0.1) is 13.2 Å². The van der Waals surface area contributed by atoms with Crippen molar-refractivity contribution >= 4 is 15.7 Å². The summed E-state index contributed by atoms with van der Waals surface area (Å²) in [5, 5.41) is 0.879. The van der Waals surface area contributed by atoms with Gasteiger partial charge in [0.1, 0.15) is 0 Å². The van der Waals surface area contributed by atoms with Gasteiger partial charge in [-0.15, -0.1) is 12.1 Å². The summed E-state index contributed by atoms with van der Waals surface area (Å²) in [5.74, 6) is 0. The molecule has 0 aliphatic heterocycles. The van der Waals surface area contributed by atoms with Crippen LogP contribution in [0.3, 0.4) is 0 Å². The topological polar surface area (TPSA) is 35.5 Å². The molecule has 0 atom stereocenters. The summed E-state index contributed by atoms with van der Waals surface area (Å²) in [6, 6.07) is 9.84. The molecule has 0 unspecified atom stereocenters. The summed E-state index contributed by atoms with van der Waals surface area (Å²) in [5.41, 5.74) is 0.979. The number of rotatable bonds is 7. The normalized spacial score (nSPS) is 11.8. The summed E-state index contributed by atoms with van der Waals surface area (Å²) in [6.45, 7) is 11.0. The zero-order chi connectivity index (χ0) is 14.5. The van der Waals surface area contributed by atoms with Crippen molar-refractivity contribution in [3.05, 3.63) is 41.2 Å². The van der Waals surface area contributed by atoms with E-state index >= 15 is 0 Å². The molecule has 1 aromatic carbocycles. The van der Waals surface area contributed by atoms with Crippen LogP contribution < -0.4 is 18.9 Å². The molecule has 0 heterocycles. The van der Waals surface area contributed by atoms with Gasteiger partial charge in [-0.1, -0.05) is 31.0 Å². The summed E-state index contributed by atoms with van der Waals surface area (Å²) in [6.07, 6.45) is 0. The molecule has 0 aromatic heterocycles. The summed E-state index contributed by atoms with van der Waals surface area (Å²) >= 11 is 0. The van der Waals surface area contributed by atoms with Crippen molar-refractivity contribution in [1.82, 2.24) is 0 Å². The SMILES string of the molecule is CCOP(=O)(OCC)[C-](c1ccccc1)[Si](C)(C)C.[Li+]. The van der Waals surface area contributed by atoms with Crippen LogP contribution in [0, 0.1) is 5.28 Å². The first-order valence-corrected chi connectivity index (χ1v) is 11.7. The van der Waals surface area contributed by atoms with Crippen LogP contribution in [0.5, 0.6) is 0 Å². The summed E-state index contributed by atoms with van der Waals surface area (Å²) < 4.78 is 24.2. The zero-order valence-electron chi connectivity index (χ0n) is 13.5. The van der Waals surface area contributed by atoms with Crippen molar-refractivity contribution in [2.75, 3.05) is 13.2 Å². The van der Waals surface area contributed by atoms with Gasteiger partial charge >= 0.3 is 26.5 Å². The van der Waals surface area contributed by atoms with Crippen molar-refractivity contribution in [2.45, 2.75) is 33.5 Å². The van der Waals surface area contributed by atoms with Crippen molar-refractivity contribution in [3.63, 3.8) is 0 Å². The Balaban J connectivity index is 0.00000361. The third kappa shape index (κ3) is 5.11. The Labute approximate surface area is 136 Å². The maximum atomic E-state index is 13.1. The minimum Gasteiger partial charge on any atom is -0.314 e. The fourth-order valence-electron chi connectivity index (χ4n) is 2.10. The number of hydrogen-bond donors (Lipinski definition) is 0. The van der Waals surface area contributed by atoms with E-state index in [2.05, 4.69) is 19.6 Å². The van der Waals surface area contributed by atoms with Gasteiger partial charge in [-0.05, 0) is 13.8 Å². The van der Waals surface area contributed by atoms with Crippen LogP contribution in [0.15, 0.2) is 30.3 Å². The molecule has 3 nitrogen and oxygen atoms in total. The second-order valence-electron chi connectivity index (χ2n) is 5.30. The van der Waals surface area contributed by atoms with E-state index in [1.54, 1.807) is 0 Å². The van der Waals surface area contributed by atoms with E-state index in [1.165, 1.54) is 0 Å². The number of hydrogen-bond acceptors (Lipinski definition) is 3. The van der Waals surface area contributed by atoms with Gasteiger partial charge in [0.15, 0.2) is 0 Å². The molecule has 0 saturated heterocycles. The molecule has 0 N–H and O–H groups in total. The first-order valence-electron chi connectivity index (χ1n) is 6.67. The third-order valence-corrected chi connectivity index (χ3v) is 9.18. The fraction of sp³-hybridized carbons (Fsp3) is 0.500. The van der Waals surface area contributed by atoms with Crippen LogP contribution in [0.4, 0.5) is 0 Å². The summed E-state index contributed by atoms with van der Waals surface area (Å²) in [7, 11) is -5.03. The van der Waals surface area contributed by atoms with Crippen LogP contribution in [0.1, 0.15) is 19.4 Å². The molecular formula is C14H24LiO3PSi. The van der Waals surface area contributed by atoms with Gasteiger partial charge in [0.25, 0.3) is 0 Å². The van der Waals surface area contributed by atoms with Crippen molar-refractivity contribution < 1.29 is 32.5 Å². The molecule has 0 aliphatic rings. The second kappa shape index (κ2) is 8.49. The number of benzene rings is 1. The molecular weight excluding hydrogens is 282 g/mol. The van der Waals surface area contributed by atoms with Crippen LogP contribution in [-0.4, -0.2) is 21.3 Å². The maximum Gasteiger partial charge on any atom is 1.00 e. The Bertz CT molecular complexity index is 424. The Morgan fingerprint density at radius 1 is 1.05 bits per heavy atom. The van der Waals surface area contributed by atoms with Gasteiger partial charge in [-0.25, -0.2) is 0 Å². The minimum absolute atomic E-state index is 0. The molecule has 108 valence electrons. The van der Waals surface area contributed by atoms with E-state index in [9.17, 15) is 4.57 Å². The Morgan fingerprint density at radius 2 is 1.50 bits per heavy atom. The van der Waals surface area contributed by atoms with Gasteiger partial charge in [0.2, 0.25) is 0 Å². The molecule has 6 heteroatoms. The quantitative estimate of drug-likeness (QED) is 0.437. The molecule has 1 rings (SSSR count). The molecule has 0 bridgehead atoms. The van der Waals surface area contributed by atoms with Crippen molar-refractivity contribution in [3.8, 4) is 0 Å². The van der Waals surface area contributed by atoms with E-state index in [0.29, 0.717) is 13.2 Å². The van der Waals surface area contributed by atoms with Crippen LogP contribution in [0.25, 0.3) is 0 Å². The van der Waals surface area contributed by atoms with Gasteiger partial charge in [-0.3, -0.25) is 4.57 Å². The van der Waals surface area contributed by atoms with Crippen LogP contribution >= 0.6 is 7.60 Å². The van der Waals surface area contributed by atoms with Gasteiger partial charge in [0, 0.05) is 8.07 Å². The molecule has 0 aliphatic carbocycles. The molecule has 0 saturated carbocycles. The predicted molar refractivity (Wildman–Crippen MR) is 83.0 cm³/mol. The van der Waals surface area contributed by atoms with Crippen LogP contribution in [0.2, 0.25) is 19.6 Å². The molecule has 0 radical (unpaired) electrons.